The fourth-order valence-corrected chi connectivity index (χ4v) is 3.39. The lowest BCUT2D eigenvalue weighted by atomic mass is 9.93. The molecular formula is C22H32N6O2. The van der Waals surface area contributed by atoms with Gasteiger partial charge in [-0.3, -0.25) is 9.48 Å². The highest BCUT2D eigenvalue weighted by Gasteiger charge is 2.14. The molecular weight excluding hydrogens is 380 g/mol. The van der Waals surface area contributed by atoms with Crippen molar-refractivity contribution in [2.75, 3.05) is 11.9 Å². The Morgan fingerprint density at radius 2 is 2.10 bits per heavy atom. The van der Waals surface area contributed by atoms with Crippen molar-refractivity contribution in [3.05, 3.63) is 30.9 Å². The molecule has 0 fully saturated rings. The first-order valence-electron chi connectivity index (χ1n) is 10.8. The Bertz CT molecular complexity index is 962. The quantitative estimate of drug-likeness (QED) is 0.371. The molecule has 0 aliphatic heterocycles. The number of esters is 1. The molecule has 3 aromatic heterocycles. The highest BCUT2D eigenvalue weighted by molar-refractivity contribution is 5.76. The van der Waals surface area contributed by atoms with Crippen LogP contribution in [0.1, 0.15) is 47.0 Å². The van der Waals surface area contributed by atoms with Crippen LogP contribution in [0, 0.1) is 11.8 Å². The number of ether oxygens (including phenoxy) is 1. The predicted octanol–water partition coefficient (Wildman–Crippen LogP) is 4.40. The first-order valence-corrected chi connectivity index (χ1v) is 10.8. The van der Waals surface area contributed by atoms with Gasteiger partial charge in [0.25, 0.3) is 0 Å². The Morgan fingerprint density at radius 1 is 1.27 bits per heavy atom. The molecule has 3 aromatic rings. The normalized spacial score (nSPS) is 12.4. The molecule has 0 aliphatic rings. The third-order valence-electron chi connectivity index (χ3n) is 5.34. The number of nitrogens with one attached hydrogen (secondary N) is 1. The highest BCUT2D eigenvalue weighted by Crippen LogP contribution is 2.22. The molecule has 0 saturated heterocycles. The second-order valence-corrected chi connectivity index (χ2v) is 7.98. The van der Waals surface area contributed by atoms with E-state index in [9.17, 15) is 4.79 Å². The van der Waals surface area contributed by atoms with Crippen molar-refractivity contribution in [2.24, 2.45) is 11.8 Å². The molecule has 0 saturated carbocycles. The van der Waals surface area contributed by atoms with Gasteiger partial charge in [0.15, 0.2) is 0 Å². The number of hydrogen-bond donors (Lipinski definition) is 1. The van der Waals surface area contributed by atoms with Gasteiger partial charge in [-0.2, -0.15) is 10.1 Å². The molecule has 8 heteroatoms. The largest absolute Gasteiger partial charge is 0.464 e. The minimum Gasteiger partial charge on any atom is -0.464 e. The van der Waals surface area contributed by atoms with Gasteiger partial charge in [-0.1, -0.05) is 40.5 Å². The van der Waals surface area contributed by atoms with Crippen molar-refractivity contribution in [1.82, 2.24) is 24.3 Å². The zero-order valence-electron chi connectivity index (χ0n) is 18.3. The smallest absolute Gasteiger partial charge is 0.327 e. The SMILES string of the molecule is CCCCOC(=O)Cn1cc(Nc2ncc3ccn(CC(CC)C(C)C)c3n2)cn1. The molecule has 30 heavy (non-hydrogen) atoms. The number of hydrogen-bond acceptors (Lipinski definition) is 6. The topological polar surface area (TPSA) is 86.9 Å². The standard InChI is InChI=1S/C22H32N6O2/c1-5-7-10-30-20(29)15-28-14-19(12-24-28)25-22-23-11-18-8-9-27(21(18)26-22)13-17(6-2)16(3)4/h8-9,11-12,14,16-17H,5-7,10,13,15H2,1-4H3,(H,23,25,26). The number of nitrogens with zero attached hydrogens (tertiary/aromatic N) is 5. The Hall–Kier alpha value is -2.90. The lowest BCUT2D eigenvalue weighted by molar-refractivity contribution is -0.144. The summed E-state index contributed by atoms with van der Waals surface area (Å²) in [6.45, 7) is 10.3. The Labute approximate surface area is 177 Å². The molecule has 3 heterocycles. The van der Waals surface area contributed by atoms with Crippen LogP contribution in [0.15, 0.2) is 30.9 Å². The summed E-state index contributed by atoms with van der Waals surface area (Å²) in [5.74, 6) is 1.43. The lowest BCUT2D eigenvalue weighted by Crippen LogP contribution is -2.15. The van der Waals surface area contributed by atoms with Crippen LogP contribution in [0.2, 0.25) is 0 Å². The molecule has 0 radical (unpaired) electrons. The van der Waals surface area contributed by atoms with E-state index in [1.54, 1.807) is 17.1 Å². The fraction of sp³-hybridized carbons (Fsp3) is 0.545. The molecule has 0 bridgehead atoms. The third-order valence-corrected chi connectivity index (χ3v) is 5.34. The van der Waals surface area contributed by atoms with Gasteiger partial charge in [0.2, 0.25) is 5.95 Å². The summed E-state index contributed by atoms with van der Waals surface area (Å²) < 4.78 is 8.92. The Balaban J connectivity index is 1.67. The molecule has 1 N–H and O–H groups in total. The van der Waals surface area contributed by atoms with Crippen LogP contribution >= 0.6 is 0 Å². The van der Waals surface area contributed by atoms with Gasteiger partial charge in [0.1, 0.15) is 12.2 Å². The highest BCUT2D eigenvalue weighted by atomic mass is 16.5. The fourth-order valence-electron chi connectivity index (χ4n) is 3.39. The van der Waals surface area contributed by atoms with Gasteiger partial charge in [-0.15, -0.1) is 0 Å². The maximum absolute atomic E-state index is 11.8. The molecule has 3 rings (SSSR count). The summed E-state index contributed by atoms with van der Waals surface area (Å²) in [5, 5.41) is 8.41. The molecule has 162 valence electrons. The van der Waals surface area contributed by atoms with E-state index in [0.717, 1.165) is 42.5 Å². The van der Waals surface area contributed by atoms with Crippen LogP contribution in [0.25, 0.3) is 11.0 Å². The van der Waals surface area contributed by atoms with Crippen molar-refractivity contribution in [1.29, 1.82) is 0 Å². The van der Waals surface area contributed by atoms with E-state index < -0.39 is 0 Å². The number of unbranched alkanes of at least 4 members (excludes halogenated alkanes) is 1. The van der Waals surface area contributed by atoms with E-state index in [-0.39, 0.29) is 12.5 Å². The van der Waals surface area contributed by atoms with Crippen LogP contribution < -0.4 is 5.32 Å². The molecule has 1 atom stereocenters. The zero-order valence-corrected chi connectivity index (χ0v) is 18.3. The molecule has 1 unspecified atom stereocenters. The predicted molar refractivity (Wildman–Crippen MR) is 118 cm³/mol. The second kappa shape index (κ2) is 10.2. The number of rotatable bonds is 11. The number of carbonyl (C=O) groups excluding carboxylic acids is 1. The van der Waals surface area contributed by atoms with E-state index in [4.69, 9.17) is 9.72 Å². The summed E-state index contributed by atoms with van der Waals surface area (Å²) in [6, 6.07) is 2.05. The number of anilines is 2. The van der Waals surface area contributed by atoms with Gasteiger partial charge in [0.05, 0.1) is 18.5 Å². The van der Waals surface area contributed by atoms with Gasteiger partial charge >= 0.3 is 5.97 Å². The van der Waals surface area contributed by atoms with Crippen LogP contribution in [0.5, 0.6) is 0 Å². The summed E-state index contributed by atoms with van der Waals surface area (Å²) in [4.78, 5) is 21.0. The number of aromatic nitrogens is 5. The maximum atomic E-state index is 11.8. The average molecular weight is 413 g/mol. The third kappa shape index (κ3) is 5.58. The number of fused-ring (bicyclic) bond motifs is 1. The molecule has 0 amide bonds. The van der Waals surface area contributed by atoms with Crippen LogP contribution in [-0.4, -0.2) is 36.9 Å². The van der Waals surface area contributed by atoms with E-state index in [2.05, 4.69) is 53.9 Å². The van der Waals surface area contributed by atoms with Crippen molar-refractivity contribution >= 4 is 28.6 Å². The van der Waals surface area contributed by atoms with Crippen LogP contribution in [0.3, 0.4) is 0 Å². The molecule has 0 aromatic carbocycles. The van der Waals surface area contributed by atoms with Crippen LogP contribution in [0.4, 0.5) is 11.6 Å². The molecule has 8 nitrogen and oxygen atoms in total. The van der Waals surface area contributed by atoms with E-state index >= 15 is 0 Å². The monoisotopic (exact) mass is 412 g/mol. The minimum atomic E-state index is -0.288. The summed E-state index contributed by atoms with van der Waals surface area (Å²) >= 11 is 0. The maximum Gasteiger partial charge on any atom is 0.327 e. The number of carbonyl (C=O) groups is 1. The van der Waals surface area contributed by atoms with Gasteiger partial charge in [-0.05, 0) is 24.3 Å². The van der Waals surface area contributed by atoms with Crippen molar-refractivity contribution in [3.8, 4) is 0 Å². The van der Waals surface area contributed by atoms with Gasteiger partial charge in [-0.25, -0.2) is 4.98 Å². The van der Waals surface area contributed by atoms with E-state index in [1.165, 1.54) is 0 Å². The van der Waals surface area contributed by atoms with E-state index in [0.29, 0.717) is 24.4 Å². The molecule has 0 spiro atoms. The zero-order chi connectivity index (χ0) is 21.5. The summed E-state index contributed by atoms with van der Waals surface area (Å²) in [5.41, 5.74) is 1.64. The Kier molecular flexibility index (Phi) is 7.43. The van der Waals surface area contributed by atoms with Crippen molar-refractivity contribution < 1.29 is 9.53 Å². The summed E-state index contributed by atoms with van der Waals surface area (Å²) in [6.07, 6.45) is 10.3. The van der Waals surface area contributed by atoms with Crippen molar-refractivity contribution in [2.45, 2.75) is 60.0 Å². The van der Waals surface area contributed by atoms with Crippen LogP contribution in [-0.2, 0) is 22.6 Å². The first kappa shape index (κ1) is 21.8. The minimum absolute atomic E-state index is 0.0851. The first-order chi connectivity index (χ1) is 14.5. The van der Waals surface area contributed by atoms with Gasteiger partial charge in [0, 0.05) is 30.5 Å². The average Bonchev–Trinajstić information content (AvgIpc) is 3.32. The van der Waals surface area contributed by atoms with E-state index in [1.807, 2.05) is 12.3 Å². The second-order valence-electron chi connectivity index (χ2n) is 7.98. The lowest BCUT2D eigenvalue weighted by Gasteiger charge is -2.20. The summed E-state index contributed by atoms with van der Waals surface area (Å²) in [7, 11) is 0. The van der Waals surface area contributed by atoms with Gasteiger partial charge < -0.3 is 14.6 Å². The van der Waals surface area contributed by atoms with Crippen molar-refractivity contribution in [3.63, 3.8) is 0 Å². The molecule has 0 aliphatic carbocycles. The Morgan fingerprint density at radius 3 is 2.83 bits per heavy atom.